The molecule has 0 aromatic carbocycles. The van der Waals surface area contributed by atoms with E-state index in [9.17, 15) is 9.59 Å². The molecule has 0 spiro atoms. The molecule has 2 heterocycles. The van der Waals surface area contributed by atoms with Crippen LogP contribution in [0.3, 0.4) is 0 Å². The Kier molecular flexibility index (Phi) is 5.46. The van der Waals surface area contributed by atoms with Crippen LogP contribution in [0.2, 0.25) is 0 Å². The van der Waals surface area contributed by atoms with Crippen LogP contribution in [0.5, 0.6) is 0 Å². The minimum atomic E-state index is -0.633. The van der Waals surface area contributed by atoms with Gasteiger partial charge in [-0.3, -0.25) is 19.7 Å². The number of pyridine rings is 1. The molecule has 2 amide bonds. The molecule has 7 heteroatoms. The van der Waals surface area contributed by atoms with Gasteiger partial charge in [-0.25, -0.2) is 0 Å². The lowest BCUT2D eigenvalue weighted by molar-refractivity contribution is -0.118. The van der Waals surface area contributed by atoms with Crippen LogP contribution in [0.15, 0.2) is 30.7 Å². The van der Waals surface area contributed by atoms with Crippen molar-refractivity contribution in [2.45, 2.75) is 33.2 Å². The summed E-state index contributed by atoms with van der Waals surface area (Å²) in [5.74, 6) is 0.155. The van der Waals surface area contributed by atoms with Gasteiger partial charge in [-0.1, -0.05) is 13.8 Å². The second-order valence-corrected chi connectivity index (χ2v) is 5.87. The topological polar surface area (TPSA) is 99.8 Å². The maximum Gasteiger partial charge on any atom is 0.253 e. The summed E-state index contributed by atoms with van der Waals surface area (Å²) in [6.45, 7) is 5.86. The van der Waals surface area contributed by atoms with Crippen molar-refractivity contribution in [3.63, 3.8) is 0 Å². The number of aromatic amines is 1. The van der Waals surface area contributed by atoms with Gasteiger partial charge in [-0.15, -0.1) is 0 Å². The summed E-state index contributed by atoms with van der Waals surface area (Å²) < 4.78 is 0. The standard InChI is InChI=1S/C16H21N5O2/c1-10(2)6-13(16(23)20-14-4-5-18-21-14)19-15(22)12-7-11(3)8-17-9-12/h4-5,7-10,13H,6H2,1-3H3,(H,19,22)(H2,18,20,21,23). The number of nitrogens with one attached hydrogen (secondary N) is 3. The Hall–Kier alpha value is -2.70. The van der Waals surface area contributed by atoms with Crippen LogP contribution in [0, 0.1) is 12.8 Å². The number of hydrogen-bond donors (Lipinski definition) is 3. The van der Waals surface area contributed by atoms with Gasteiger partial charge >= 0.3 is 0 Å². The van der Waals surface area contributed by atoms with Gasteiger partial charge < -0.3 is 10.6 Å². The third kappa shape index (κ3) is 4.91. The highest BCUT2D eigenvalue weighted by atomic mass is 16.2. The Labute approximate surface area is 134 Å². The van der Waals surface area contributed by atoms with Crippen LogP contribution in [0.1, 0.15) is 36.2 Å². The quantitative estimate of drug-likeness (QED) is 0.758. The van der Waals surface area contributed by atoms with Crippen molar-refractivity contribution in [1.82, 2.24) is 20.5 Å². The van der Waals surface area contributed by atoms with Crippen LogP contribution in [-0.2, 0) is 4.79 Å². The summed E-state index contributed by atoms with van der Waals surface area (Å²) in [6, 6.07) is 2.75. The predicted molar refractivity (Wildman–Crippen MR) is 86.9 cm³/mol. The van der Waals surface area contributed by atoms with Crippen LogP contribution in [0.4, 0.5) is 5.82 Å². The summed E-state index contributed by atoms with van der Waals surface area (Å²) in [5, 5.41) is 11.9. The van der Waals surface area contributed by atoms with Gasteiger partial charge in [0.2, 0.25) is 5.91 Å². The first kappa shape index (κ1) is 16.7. The third-order valence-electron chi connectivity index (χ3n) is 3.22. The molecule has 23 heavy (non-hydrogen) atoms. The SMILES string of the molecule is Cc1cncc(C(=O)NC(CC(C)C)C(=O)Nc2ccn[nH]2)c1. The Morgan fingerprint density at radius 1 is 1.30 bits per heavy atom. The monoisotopic (exact) mass is 315 g/mol. The lowest BCUT2D eigenvalue weighted by Gasteiger charge is -2.19. The number of carbonyl (C=O) groups excluding carboxylic acids is 2. The molecule has 0 bridgehead atoms. The molecule has 2 aromatic rings. The number of carbonyl (C=O) groups is 2. The number of amides is 2. The highest BCUT2D eigenvalue weighted by Crippen LogP contribution is 2.10. The molecule has 2 rings (SSSR count). The molecule has 2 aromatic heterocycles. The Bertz CT molecular complexity index is 667. The number of rotatable bonds is 6. The van der Waals surface area contributed by atoms with E-state index in [1.165, 1.54) is 6.20 Å². The molecule has 122 valence electrons. The van der Waals surface area contributed by atoms with Crippen molar-refractivity contribution < 1.29 is 9.59 Å². The van der Waals surface area contributed by atoms with Gasteiger partial charge in [-0.05, 0) is 30.9 Å². The summed E-state index contributed by atoms with van der Waals surface area (Å²) >= 11 is 0. The number of hydrogen-bond acceptors (Lipinski definition) is 4. The van der Waals surface area contributed by atoms with Gasteiger partial charge in [-0.2, -0.15) is 5.10 Å². The van der Waals surface area contributed by atoms with E-state index in [1.54, 1.807) is 24.5 Å². The number of aromatic nitrogens is 3. The highest BCUT2D eigenvalue weighted by molar-refractivity contribution is 6.00. The molecule has 1 atom stereocenters. The number of nitrogens with zero attached hydrogens (tertiary/aromatic N) is 2. The van der Waals surface area contributed by atoms with Crippen molar-refractivity contribution >= 4 is 17.6 Å². The van der Waals surface area contributed by atoms with Crippen molar-refractivity contribution in [3.8, 4) is 0 Å². The van der Waals surface area contributed by atoms with E-state index < -0.39 is 6.04 Å². The lowest BCUT2D eigenvalue weighted by Crippen LogP contribution is -2.44. The van der Waals surface area contributed by atoms with E-state index in [1.807, 2.05) is 20.8 Å². The number of H-pyrrole nitrogens is 1. The summed E-state index contributed by atoms with van der Waals surface area (Å²) in [4.78, 5) is 28.7. The zero-order valence-corrected chi connectivity index (χ0v) is 13.5. The summed E-state index contributed by atoms with van der Waals surface area (Å²) in [7, 11) is 0. The number of aryl methyl sites for hydroxylation is 1. The van der Waals surface area contributed by atoms with Crippen molar-refractivity contribution in [1.29, 1.82) is 0 Å². The van der Waals surface area contributed by atoms with Crippen LogP contribution >= 0.6 is 0 Å². The molecule has 7 nitrogen and oxygen atoms in total. The zero-order chi connectivity index (χ0) is 16.8. The first-order valence-corrected chi connectivity index (χ1v) is 7.48. The number of anilines is 1. The molecular weight excluding hydrogens is 294 g/mol. The second kappa shape index (κ2) is 7.53. The van der Waals surface area contributed by atoms with E-state index in [0.717, 1.165) is 5.56 Å². The Morgan fingerprint density at radius 3 is 2.70 bits per heavy atom. The molecule has 3 N–H and O–H groups in total. The molecule has 0 saturated carbocycles. The zero-order valence-electron chi connectivity index (χ0n) is 13.5. The van der Waals surface area contributed by atoms with E-state index >= 15 is 0 Å². The molecular formula is C16H21N5O2. The molecule has 0 aliphatic carbocycles. The maximum absolute atomic E-state index is 12.4. The van der Waals surface area contributed by atoms with Gasteiger partial charge in [0.15, 0.2) is 0 Å². The third-order valence-corrected chi connectivity index (χ3v) is 3.22. The van der Waals surface area contributed by atoms with E-state index in [-0.39, 0.29) is 17.7 Å². The van der Waals surface area contributed by atoms with Gasteiger partial charge in [0, 0.05) is 18.5 Å². The minimum absolute atomic E-state index is 0.253. The van der Waals surface area contributed by atoms with E-state index in [4.69, 9.17) is 0 Å². The lowest BCUT2D eigenvalue weighted by atomic mass is 10.0. The van der Waals surface area contributed by atoms with Crippen LogP contribution < -0.4 is 10.6 Å². The molecule has 0 aliphatic rings. The average Bonchev–Trinajstić information content (AvgIpc) is 2.99. The first-order chi connectivity index (χ1) is 11.0. The average molecular weight is 315 g/mol. The first-order valence-electron chi connectivity index (χ1n) is 7.48. The Balaban J connectivity index is 2.08. The van der Waals surface area contributed by atoms with Crippen LogP contribution in [-0.4, -0.2) is 33.0 Å². The van der Waals surface area contributed by atoms with Gasteiger partial charge in [0.1, 0.15) is 11.9 Å². The fourth-order valence-corrected chi connectivity index (χ4v) is 2.17. The summed E-state index contributed by atoms with van der Waals surface area (Å²) in [6.07, 6.45) is 5.24. The Morgan fingerprint density at radius 2 is 2.09 bits per heavy atom. The minimum Gasteiger partial charge on any atom is -0.340 e. The smallest absolute Gasteiger partial charge is 0.253 e. The fraction of sp³-hybridized carbons (Fsp3) is 0.375. The normalized spacial score (nSPS) is 12.0. The van der Waals surface area contributed by atoms with Gasteiger partial charge in [0.05, 0.1) is 11.8 Å². The van der Waals surface area contributed by atoms with E-state index in [2.05, 4.69) is 25.8 Å². The van der Waals surface area contributed by atoms with Gasteiger partial charge in [0.25, 0.3) is 5.91 Å². The maximum atomic E-state index is 12.4. The molecule has 1 unspecified atom stereocenters. The molecule has 0 aliphatic heterocycles. The predicted octanol–water partition coefficient (Wildman–Crippen LogP) is 1.90. The van der Waals surface area contributed by atoms with Crippen molar-refractivity contribution in [2.24, 2.45) is 5.92 Å². The molecule has 0 saturated heterocycles. The van der Waals surface area contributed by atoms with Crippen molar-refractivity contribution in [3.05, 3.63) is 41.9 Å². The van der Waals surface area contributed by atoms with Crippen LogP contribution in [0.25, 0.3) is 0 Å². The summed E-state index contributed by atoms with van der Waals surface area (Å²) in [5.41, 5.74) is 1.33. The second-order valence-electron chi connectivity index (χ2n) is 5.87. The molecule has 0 fully saturated rings. The molecule has 0 radical (unpaired) electrons. The fourth-order valence-electron chi connectivity index (χ4n) is 2.17. The van der Waals surface area contributed by atoms with E-state index in [0.29, 0.717) is 17.8 Å². The van der Waals surface area contributed by atoms with Crippen molar-refractivity contribution in [2.75, 3.05) is 5.32 Å². The largest absolute Gasteiger partial charge is 0.340 e. The highest BCUT2D eigenvalue weighted by Gasteiger charge is 2.23.